The molecular weight excluding hydrogens is 531 g/mol. The van der Waals surface area contributed by atoms with E-state index < -0.39 is 12.0 Å². The molecule has 0 aliphatic rings. The van der Waals surface area contributed by atoms with E-state index in [0.29, 0.717) is 43.8 Å². The summed E-state index contributed by atoms with van der Waals surface area (Å²) < 4.78 is 12.3. The third-order valence-electron chi connectivity index (χ3n) is 4.47. The molecule has 3 aromatic carbocycles. The minimum absolute atomic E-state index is 0.218. The molecule has 0 unspecified atom stereocenters. The third-order valence-corrected chi connectivity index (χ3v) is 5.65. The van der Waals surface area contributed by atoms with E-state index in [2.05, 4.69) is 26.5 Å². The maximum atomic E-state index is 12.1. The molecule has 0 aromatic heterocycles. The number of hydrogen-bond donors (Lipinski definition) is 2. The maximum absolute atomic E-state index is 12.1. The van der Waals surface area contributed by atoms with Crippen LogP contribution in [0.1, 0.15) is 29.7 Å². The fraction of sp³-hybridized carbons (Fsp3) is 0.167. The molecule has 0 spiro atoms. The molecule has 0 bridgehead atoms. The van der Waals surface area contributed by atoms with Gasteiger partial charge in [-0.15, -0.1) is 0 Å². The van der Waals surface area contributed by atoms with E-state index in [1.54, 1.807) is 60.7 Å². The number of hydrogen-bond acceptors (Lipinski definition) is 5. The van der Waals surface area contributed by atoms with Crippen LogP contribution in [0.4, 0.5) is 0 Å². The van der Waals surface area contributed by atoms with Crippen molar-refractivity contribution < 1.29 is 19.4 Å². The van der Waals surface area contributed by atoms with Crippen LogP contribution in [0.25, 0.3) is 0 Å². The Morgan fingerprint density at radius 2 is 1.91 bits per heavy atom. The van der Waals surface area contributed by atoms with Gasteiger partial charge in [-0.2, -0.15) is 5.10 Å². The zero-order valence-corrected chi connectivity index (χ0v) is 20.7. The molecular formula is C24H21BrCl2N2O4. The maximum Gasteiger partial charge on any atom is 0.273 e. The number of aliphatic hydroxyl groups excluding tert-OH is 1. The van der Waals surface area contributed by atoms with Crippen LogP contribution in [-0.4, -0.2) is 23.8 Å². The highest BCUT2D eigenvalue weighted by Crippen LogP contribution is 2.37. The average Bonchev–Trinajstić information content (AvgIpc) is 2.80. The Hall–Kier alpha value is -2.58. The lowest BCUT2D eigenvalue weighted by atomic mass is 10.1. The molecule has 0 aliphatic carbocycles. The van der Waals surface area contributed by atoms with Crippen LogP contribution in [-0.2, 0) is 11.4 Å². The molecule has 0 aliphatic heterocycles. The Kier molecular flexibility index (Phi) is 9.14. The number of nitrogens with zero attached hydrogens (tertiary/aromatic N) is 1. The molecule has 0 saturated carbocycles. The van der Waals surface area contributed by atoms with E-state index in [1.807, 2.05) is 6.92 Å². The van der Waals surface area contributed by atoms with Crippen molar-refractivity contribution in [3.63, 3.8) is 0 Å². The second-order valence-electron chi connectivity index (χ2n) is 6.83. The summed E-state index contributed by atoms with van der Waals surface area (Å²) in [7, 11) is 0. The standard InChI is InChI=1S/C24H21BrCl2N2O4/c1-2-32-21-11-15(13-28-29-24(31)22(30)16-6-4-3-5-7-16)10-19(25)23(21)33-14-17-8-9-18(26)12-20(17)27/h3-13,22,30H,2,14H2,1H3,(H,29,31)/b28-13-/t22-/m0/s1. The highest BCUT2D eigenvalue weighted by molar-refractivity contribution is 9.10. The van der Waals surface area contributed by atoms with Crippen molar-refractivity contribution in [2.45, 2.75) is 19.6 Å². The molecule has 1 amide bonds. The van der Waals surface area contributed by atoms with Crippen molar-refractivity contribution in [3.8, 4) is 11.5 Å². The van der Waals surface area contributed by atoms with Gasteiger partial charge in [0.2, 0.25) is 0 Å². The van der Waals surface area contributed by atoms with Crippen LogP contribution in [0.3, 0.4) is 0 Å². The predicted octanol–water partition coefficient (Wildman–Crippen LogP) is 5.92. The summed E-state index contributed by atoms with van der Waals surface area (Å²) in [6, 6.07) is 17.3. The third kappa shape index (κ3) is 6.95. The lowest BCUT2D eigenvalue weighted by molar-refractivity contribution is -0.129. The number of rotatable bonds is 9. The first kappa shape index (κ1) is 25.1. The molecule has 33 heavy (non-hydrogen) atoms. The van der Waals surface area contributed by atoms with E-state index in [-0.39, 0.29) is 6.61 Å². The zero-order valence-electron chi connectivity index (χ0n) is 17.6. The van der Waals surface area contributed by atoms with Crippen LogP contribution in [0, 0.1) is 0 Å². The number of hydrazone groups is 1. The van der Waals surface area contributed by atoms with Crippen LogP contribution in [0.2, 0.25) is 10.0 Å². The van der Waals surface area contributed by atoms with Gasteiger partial charge in [-0.1, -0.05) is 59.6 Å². The molecule has 6 nitrogen and oxygen atoms in total. The van der Waals surface area contributed by atoms with Crippen LogP contribution < -0.4 is 14.9 Å². The molecule has 3 aromatic rings. The first-order valence-electron chi connectivity index (χ1n) is 9.98. The van der Waals surface area contributed by atoms with Crippen molar-refractivity contribution in [1.82, 2.24) is 5.43 Å². The minimum Gasteiger partial charge on any atom is -0.490 e. The Balaban J connectivity index is 1.71. The molecule has 0 saturated heterocycles. The molecule has 172 valence electrons. The molecule has 3 rings (SSSR count). The number of benzene rings is 3. The quantitative estimate of drug-likeness (QED) is 0.255. The number of ether oxygens (including phenoxy) is 2. The molecule has 1 atom stereocenters. The molecule has 0 fully saturated rings. The summed E-state index contributed by atoms with van der Waals surface area (Å²) in [6.45, 7) is 2.50. The topological polar surface area (TPSA) is 80.2 Å². The molecule has 9 heteroatoms. The van der Waals surface area contributed by atoms with E-state index >= 15 is 0 Å². The van der Waals surface area contributed by atoms with Crippen molar-refractivity contribution in [1.29, 1.82) is 0 Å². The van der Waals surface area contributed by atoms with Crippen molar-refractivity contribution >= 4 is 51.3 Å². The molecule has 2 N–H and O–H groups in total. The Morgan fingerprint density at radius 1 is 1.15 bits per heavy atom. The van der Waals surface area contributed by atoms with E-state index in [0.717, 1.165) is 5.56 Å². The summed E-state index contributed by atoms with van der Waals surface area (Å²) in [5.41, 5.74) is 4.25. The lowest BCUT2D eigenvalue weighted by Crippen LogP contribution is -2.25. The van der Waals surface area contributed by atoms with Crippen LogP contribution >= 0.6 is 39.1 Å². The normalized spacial score (nSPS) is 11.9. The fourth-order valence-electron chi connectivity index (χ4n) is 2.87. The lowest BCUT2D eigenvalue weighted by Gasteiger charge is -2.15. The number of aliphatic hydroxyl groups is 1. The van der Waals surface area contributed by atoms with Gasteiger partial charge in [-0.3, -0.25) is 4.79 Å². The highest BCUT2D eigenvalue weighted by Gasteiger charge is 2.16. The second-order valence-corrected chi connectivity index (χ2v) is 8.53. The van der Waals surface area contributed by atoms with Gasteiger partial charge in [0.1, 0.15) is 6.61 Å². The van der Waals surface area contributed by atoms with Gasteiger partial charge in [0, 0.05) is 15.6 Å². The first-order chi connectivity index (χ1) is 15.9. The van der Waals surface area contributed by atoms with E-state index in [1.165, 1.54) is 6.21 Å². The van der Waals surface area contributed by atoms with Crippen LogP contribution in [0.15, 0.2) is 70.2 Å². The van der Waals surface area contributed by atoms with E-state index in [4.69, 9.17) is 32.7 Å². The number of carbonyl (C=O) groups excluding carboxylic acids is 1. The average molecular weight is 552 g/mol. The minimum atomic E-state index is -1.32. The SMILES string of the molecule is CCOc1cc(/C=N\NC(=O)[C@@H](O)c2ccccc2)cc(Br)c1OCc1ccc(Cl)cc1Cl. The van der Waals surface area contributed by atoms with Crippen molar-refractivity contribution in [2.75, 3.05) is 6.61 Å². The number of carbonyl (C=O) groups is 1. The van der Waals surface area contributed by atoms with Gasteiger partial charge in [0.05, 0.1) is 17.3 Å². The highest BCUT2D eigenvalue weighted by atomic mass is 79.9. The number of halogens is 3. The van der Waals surface area contributed by atoms with Gasteiger partial charge in [-0.05, 0) is 58.2 Å². The largest absolute Gasteiger partial charge is 0.490 e. The summed E-state index contributed by atoms with van der Waals surface area (Å²) >= 11 is 15.7. The Labute approximate surface area is 210 Å². The smallest absolute Gasteiger partial charge is 0.273 e. The summed E-state index contributed by atoms with van der Waals surface area (Å²) in [4.78, 5) is 12.1. The number of amides is 1. The van der Waals surface area contributed by atoms with Gasteiger partial charge < -0.3 is 14.6 Å². The van der Waals surface area contributed by atoms with Crippen LogP contribution in [0.5, 0.6) is 11.5 Å². The summed E-state index contributed by atoms with van der Waals surface area (Å²) in [5.74, 6) is 0.360. The monoisotopic (exact) mass is 550 g/mol. The van der Waals surface area contributed by atoms with E-state index in [9.17, 15) is 9.90 Å². The molecule has 0 heterocycles. The van der Waals surface area contributed by atoms with Gasteiger partial charge in [-0.25, -0.2) is 5.43 Å². The van der Waals surface area contributed by atoms with Crippen molar-refractivity contribution in [2.24, 2.45) is 5.10 Å². The number of nitrogens with one attached hydrogen (secondary N) is 1. The second kappa shape index (κ2) is 12.0. The predicted molar refractivity (Wildman–Crippen MR) is 133 cm³/mol. The fourth-order valence-corrected chi connectivity index (χ4v) is 3.91. The summed E-state index contributed by atoms with van der Waals surface area (Å²) in [6.07, 6.45) is 0.132. The van der Waals surface area contributed by atoms with Gasteiger partial charge in [0.15, 0.2) is 17.6 Å². The van der Waals surface area contributed by atoms with Gasteiger partial charge in [0.25, 0.3) is 5.91 Å². The Bertz CT molecular complexity index is 1140. The zero-order chi connectivity index (χ0) is 23.8. The first-order valence-corrected chi connectivity index (χ1v) is 11.5. The van der Waals surface area contributed by atoms with Crippen molar-refractivity contribution in [3.05, 3.63) is 91.9 Å². The van der Waals surface area contributed by atoms with Gasteiger partial charge >= 0.3 is 0 Å². The Morgan fingerprint density at radius 3 is 2.61 bits per heavy atom. The molecule has 0 radical (unpaired) electrons. The summed E-state index contributed by atoms with van der Waals surface area (Å²) in [5, 5.41) is 15.1.